The molecule has 2 rings (SSSR count). The van der Waals surface area contributed by atoms with E-state index in [0.717, 1.165) is 6.42 Å². The molecule has 100 valence electrons. The number of halogens is 2. The predicted molar refractivity (Wildman–Crippen MR) is 66.5 cm³/mol. The number of aliphatic hydroxyl groups is 1. The van der Waals surface area contributed by atoms with Gasteiger partial charge in [-0.3, -0.25) is 0 Å². The Morgan fingerprint density at radius 2 is 2.28 bits per heavy atom. The highest BCUT2D eigenvalue weighted by Gasteiger charge is 2.43. The van der Waals surface area contributed by atoms with Gasteiger partial charge in [-0.1, -0.05) is 24.6 Å². The summed E-state index contributed by atoms with van der Waals surface area (Å²) in [6.45, 7) is 2.54. The van der Waals surface area contributed by atoms with Gasteiger partial charge in [0.15, 0.2) is 11.6 Å². The number of aliphatic hydroxyl groups excluding tert-OH is 1. The van der Waals surface area contributed by atoms with E-state index in [4.69, 9.17) is 21.1 Å². The maximum Gasteiger partial charge on any atom is 0.183 e. The molecular formula is C13H16ClFO3. The Bertz CT molecular complexity index is 413. The molecule has 0 radical (unpaired) electrons. The Kier molecular flexibility index (Phi) is 4.43. The first-order valence-corrected chi connectivity index (χ1v) is 6.41. The third kappa shape index (κ3) is 2.76. The molecule has 3 unspecified atom stereocenters. The maximum atomic E-state index is 13.6. The van der Waals surface area contributed by atoms with Crippen LogP contribution in [0.25, 0.3) is 0 Å². The van der Waals surface area contributed by atoms with Crippen molar-refractivity contribution in [1.29, 1.82) is 0 Å². The average molecular weight is 275 g/mol. The maximum absolute atomic E-state index is 13.6. The topological polar surface area (TPSA) is 38.7 Å². The average Bonchev–Trinajstić information content (AvgIpc) is 2.34. The summed E-state index contributed by atoms with van der Waals surface area (Å²) in [4.78, 5) is 0. The van der Waals surface area contributed by atoms with Crippen molar-refractivity contribution in [3.8, 4) is 5.75 Å². The zero-order chi connectivity index (χ0) is 13.1. The van der Waals surface area contributed by atoms with Crippen LogP contribution in [0.1, 0.15) is 19.8 Å². The molecule has 0 heterocycles. The highest BCUT2D eigenvalue weighted by atomic mass is 35.5. The molecule has 0 aliphatic heterocycles. The summed E-state index contributed by atoms with van der Waals surface area (Å²) in [5, 5.41) is 9.61. The quantitative estimate of drug-likeness (QED) is 0.897. The van der Waals surface area contributed by atoms with Gasteiger partial charge < -0.3 is 14.6 Å². The molecule has 3 nitrogen and oxygen atoms in total. The molecule has 0 aromatic heterocycles. The lowest BCUT2D eigenvalue weighted by Crippen LogP contribution is -2.55. The monoisotopic (exact) mass is 274 g/mol. The zero-order valence-electron chi connectivity index (χ0n) is 10.1. The van der Waals surface area contributed by atoms with Gasteiger partial charge in [-0.2, -0.15) is 0 Å². The molecule has 0 amide bonds. The molecular weight excluding hydrogens is 259 g/mol. The van der Waals surface area contributed by atoms with Crippen molar-refractivity contribution >= 4 is 11.6 Å². The van der Waals surface area contributed by atoms with Crippen LogP contribution in [-0.2, 0) is 4.74 Å². The summed E-state index contributed by atoms with van der Waals surface area (Å²) in [5.41, 5.74) is 0. The molecule has 1 aliphatic carbocycles. The van der Waals surface area contributed by atoms with Crippen molar-refractivity contribution in [2.24, 2.45) is 0 Å². The minimum Gasteiger partial charge on any atom is -0.484 e. The van der Waals surface area contributed by atoms with Gasteiger partial charge in [-0.25, -0.2) is 4.39 Å². The fourth-order valence-electron chi connectivity index (χ4n) is 1.88. The Morgan fingerprint density at radius 1 is 1.50 bits per heavy atom. The summed E-state index contributed by atoms with van der Waals surface area (Å²) >= 11 is 5.67. The van der Waals surface area contributed by atoms with Gasteiger partial charge >= 0.3 is 0 Å². The zero-order valence-corrected chi connectivity index (χ0v) is 10.9. The molecule has 1 aromatic carbocycles. The SMILES string of the molecule is CCCOC1C(O)CC1Oc1cccc(Cl)c1F. The smallest absolute Gasteiger partial charge is 0.183 e. The van der Waals surface area contributed by atoms with Gasteiger partial charge in [-0.15, -0.1) is 0 Å². The van der Waals surface area contributed by atoms with Crippen molar-refractivity contribution in [3.05, 3.63) is 29.0 Å². The van der Waals surface area contributed by atoms with Crippen molar-refractivity contribution < 1.29 is 19.0 Å². The van der Waals surface area contributed by atoms with Crippen LogP contribution < -0.4 is 4.74 Å². The fourth-order valence-corrected chi connectivity index (χ4v) is 2.05. The molecule has 0 spiro atoms. The third-order valence-electron chi connectivity index (χ3n) is 2.93. The molecule has 3 atom stereocenters. The normalized spacial score (nSPS) is 26.8. The highest BCUT2D eigenvalue weighted by Crippen LogP contribution is 2.32. The van der Waals surface area contributed by atoms with E-state index in [1.165, 1.54) is 12.1 Å². The first kappa shape index (κ1) is 13.6. The molecule has 1 N–H and O–H groups in total. The van der Waals surface area contributed by atoms with E-state index in [9.17, 15) is 9.50 Å². The Morgan fingerprint density at radius 3 is 2.94 bits per heavy atom. The summed E-state index contributed by atoms with van der Waals surface area (Å²) in [6, 6.07) is 4.60. The Labute approximate surface area is 110 Å². The van der Waals surface area contributed by atoms with Gasteiger partial charge in [0.1, 0.15) is 12.2 Å². The van der Waals surface area contributed by atoms with Crippen LogP contribution in [0.4, 0.5) is 4.39 Å². The van der Waals surface area contributed by atoms with Crippen molar-refractivity contribution in [2.45, 2.75) is 38.1 Å². The minimum absolute atomic E-state index is 0.0263. The highest BCUT2D eigenvalue weighted by molar-refractivity contribution is 6.30. The van der Waals surface area contributed by atoms with Gasteiger partial charge in [0.25, 0.3) is 0 Å². The van der Waals surface area contributed by atoms with E-state index in [1.807, 2.05) is 6.92 Å². The van der Waals surface area contributed by atoms with Crippen LogP contribution >= 0.6 is 11.6 Å². The number of hydrogen-bond acceptors (Lipinski definition) is 3. The van der Waals surface area contributed by atoms with Crippen LogP contribution in [0.15, 0.2) is 18.2 Å². The lowest BCUT2D eigenvalue weighted by molar-refractivity contribution is -0.163. The van der Waals surface area contributed by atoms with E-state index < -0.39 is 11.9 Å². The van der Waals surface area contributed by atoms with Crippen molar-refractivity contribution in [3.63, 3.8) is 0 Å². The van der Waals surface area contributed by atoms with Crippen LogP contribution in [0.2, 0.25) is 5.02 Å². The van der Waals surface area contributed by atoms with Crippen LogP contribution in [0.5, 0.6) is 5.75 Å². The molecule has 1 aliphatic rings. The summed E-state index contributed by atoms with van der Waals surface area (Å²) in [7, 11) is 0. The van der Waals surface area contributed by atoms with E-state index in [1.54, 1.807) is 6.07 Å². The number of hydrogen-bond donors (Lipinski definition) is 1. The molecule has 5 heteroatoms. The fraction of sp³-hybridized carbons (Fsp3) is 0.538. The number of rotatable bonds is 5. The standard InChI is InChI=1S/C13H16ClFO3/c1-2-6-17-13-9(16)7-11(13)18-10-5-3-4-8(14)12(10)15/h3-5,9,11,13,16H,2,6-7H2,1H3. The Balaban J connectivity index is 1.99. The van der Waals surface area contributed by atoms with Crippen molar-refractivity contribution in [2.75, 3.05) is 6.61 Å². The van der Waals surface area contributed by atoms with Crippen molar-refractivity contribution in [1.82, 2.24) is 0 Å². The van der Waals surface area contributed by atoms with Gasteiger partial charge in [0, 0.05) is 13.0 Å². The van der Waals surface area contributed by atoms with E-state index in [2.05, 4.69) is 0 Å². The number of benzene rings is 1. The third-order valence-corrected chi connectivity index (χ3v) is 3.22. The molecule has 1 aromatic rings. The van der Waals surface area contributed by atoms with Gasteiger partial charge in [-0.05, 0) is 18.6 Å². The summed E-state index contributed by atoms with van der Waals surface area (Å²) in [6.07, 6.45) is 0.0635. The van der Waals surface area contributed by atoms with Crippen LogP contribution in [0.3, 0.4) is 0 Å². The van der Waals surface area contributed by atoms with Gasteiger partial charge in [0.2, 0.25) is 0 Å². The first-order valence-electron chi connectivity index (χ1n) is 6.03. The second kappa shape index (κ2) is 5.87. The summed E-state index contributed by atoms with van der Waals surface area (Å²) in [5.74, 6) is -0.473. The first-order chi connectivity index (χ1) is 8.63. The van der Waals surface area contributed by atoms with Crippen LogP contribution in [0, 0.1) is 5.82 Å². The Hall–Kier alpha value is -0.840. The van der Waals surface area contributed by atoms with Crippen LogP contribution in [-0.4, -0.2) is 30.0 Å². The lowest BCUT2D eigenvalue weighted by Gasteiger charge is -2.40. The summed E-state index contributed by atoms with van der Waals surface area (Å²) < 4.78 is 24.6. The molecule has 18 heavy (non-hydrogen) atoms. The second-order valence-corrected chi connectivity index (χ2v) is 4.75. The molecule has 1 saturated carbocycles. The minimum atomic E-state index is -0.574. The molecule has 1 fully saturated rings. The lowest BCUT2D eigenvalue weighted by atomic mass is 9.88. The second-order valence-electron chi connectivity index (χ2n) is 4.35. The number of ether oxygens (including phenoxy) is 2. The molecule has 0 saturated heterocycles. The molecule has 0 bridgehead atoms. The largest absolute Gasteiger partial charge is 0.484 e. The van der Waals surface area contributed by atoms with E-state index >= 15 is 0 Å². The van der Waals surface area contributed by atoms with E-state index in [0.29, 0.717) is 13.0 Å². The predicted octanol–water partition coefficient (Wildman–Crippen LogP) is 2.79. The van der Waals surface area contributed by atoms with Gasteiger partial charge in [0.05, 0.1) is 11.1 Å². The van der Waals surface area contributed by atoms with E-state index in [-0.39, 0.29) is 23.0 Å².